The van der Waals surface area contributed by atoms with Crippen molar-refractivity contribution in [3.63, 3.8) is 0 Å². The average molecular weight is 316 g/mol. The van der Waals surface area contributed by atoms with Gasteiger partial charge in [-0.15, -0.1) is 0 Å². The number of nitrogens with one attached hydrogen (secondary N) is 3. The molecule has 0 unspecified atom stereocenters. The van der Waals surface area contributed by atoms with E-state index in [4.69, 9.17) is 0 Å². The van der Waals surface area contributed by atoms with Gasteiger partial charge >= 0.3 is 0 Å². The molecule has 1 aromatic heterocycles. The van der Waals surface area contributed by atoms with E-state index in [9.17, 15) is 14.0 Å². The Morgan fingerprint density at radius 1 is 1.43 bits per heavy atom. The van der Waals surface area contributed by atoms with Gasteiger partial charge in [0.15, 0.2) is 0 Å². The van der Waals surface area contributed by atoms with Crippen LogP contribution in [0.15, 0.2) is 23.0 Å². The topological polar surface area (TPSA) is 86.9 Å². The molecule has 1 amide bonds. The molecule has 0 aliphatic carbocycles. The van der Waals surface area contributed by atoms with Crippen molar-refractivity contribution in [3.8, 4) is 0 Å². The fourth-order valence-corrected chi connectivity index (χ4v) is 2.74. The number of fused-ring (bicyclic) bond motifs is 1. The number of amides is 1. The first-order valence-electron chi connectivity index (χ1n) is 7.45. The first-order chi connectivity index (χ1) is 11.0. The van der Waals surface area contributed by atoms with E-state index in [2.05, 4.69) is 20.8 Å². The zero-order valence-corrected chi connectivity index (χ0v) is 12.7. The first kappa shape index (κ1) is 15.2. The van der Waals surface area contributed by atoms with Crippen LogP contribution in [-0.2, 0) is 17.6 Å². The van der Waals surface area contributed by atoms with Crippen LogP contribution in [0, 0.1) is 5.82 Å². The molecular weight excluding hydrogens is 299 g/mol. The van der Waals surface area contributed by atoms with Crippen LogP contribution < -0.4 is 16.2 Å². The van der Waals surface area contributed by atoms with Crippen LogP contribution in [0.2, 0.25) is 0 Å². The second-order valence-electron chi connectivity index (χ2n) is 5.56. The molecule has 3 rings (SSSR count). The van der Waals surface area contributed by atoms with Gasteiger partial charge in [-0.2, -0.15) is 5.10 Å². The minimum absolute atomic E-state index is 0.140. The fraction of sp³-hybridized carbons (Fsp3) is 0.312. The number of nitrogens with zero attached hydrogens (tertiary/aromatic N) is 1. The van der Waals surface area contributed by atoms with Crippen molar-refractivity contribution in [2.24, 2.45) is 0 Å². The van der Waals surface area contributed by atoms with Crippen LogP contribution in [0.1, 0.15) is 30.2 Å². The van der Waals surface area contributed by atoms with Gasteiger partial charge in [0.1, 0.15) is 5.82 Å². The van der Waals surface area contributed by atoms with Crippen molar-refractivity contribution < 1.29 is 9.18 Å². The van der Waals surface area contributed by atoms with E-state index in [1.54, 1.807) is 12.1 Å². The number of carbonyl (C=O) groups is 1. The summed E-state index contributed by atoms with van der Waals surface area (Å²) in [6.45, 7) is 2.13. The zero-order chi connectivity index (χ0) is 16.4. The lowest BCUT2D eigenvalue weighted by Crippen LogP contribution is -2.25. The summed E-state index contributed by atoms with van der Waals surface area (Å²) >= 11 is 0. The van der Waals surface area contributed by atoms with Gasteiger partial charge in [-0.1, -0.05) is 6.07 Å². The normalized spacial score (nSPS) is 13.1. The molecule has 23 heavy (non-hydrogen) atoms. The number of hydrogen-bond donors (Lipinski definition) is 3. The molecule has 1 aliphatic rings. The van der Waals surface area contributed by atoms with Crippen LogP contribution in [0.3, 0.4) is 0 Å². The fourth-order valence-electron chi connectivity index (χ4n) is 2.74. The highest BCUT2D eigenvalue weighted by molar-refractivity contribution is 5.88. The van der Waals surface area contributed by atoms with Crippen molar-refractivity contribution in [2.75, 3.05) is 17.2 Å². The van der Waals surface area contributed by atoms with E-state index < -0.39 is 5.82 Å². The van der Waals surface area contributed by atoms with Gasteiger partial charge in [0.25, 0.3) is 5.56 Å². The Labute approximate surface area is 132 Å². The minimum atomic E-state index is -0.487. The predicted octanol–water partition coefficient (Wildman–Crippen LogP) is 1.82. The van der Waals surface area contributed by atoms with Gasteiger partial charge in [-0.25, -0.2) is 9.49 Å². The third-order valence-electron chi connectivity index (χ3n) is 3.78. The molecule has 7 heteroatoms. The SMILES string of the molecule is CC(=O)Nc1cc(Cc2n[nH]c(=O)c3c2NCCC3)ccc1F. The summed E-state index contributed by atoms with van der Waals surface area (Å²) in [5.74, 6) is -0.819. The Morgan fingerprint density at radius 3 is 3.04 bits per heavy atom. The van der Waals surface area contributed by atoms with Crippen molar-refractivity contribution in [2.45, 2.75) is 26.2 Å². The third-order valence-corrected chi connectivity index (χ3v) is 3.78. The summed E-state index contributed by atoms with van der Waals surface area (Å²) in [6, 6.07) is 4.54. The monoisotopic (exact) mass is 316 g/mol. The van der Waals surface area contributed by atoms with Crippen molar-refractivity contribution >= 4 is 17.3 Å². The van der Waals surface area contributed by atoms with Gasteiger partial charge in [-0.05, 0) is 30.5 Å². The van der Waals surface area contributed by atoms with E-state index in [1.165, 1.54) is 13.0 Å². The second kappa shape index (κ2) is 6.20. The summed E-state index contributed by atoms with van der Waals surface area (Å²) < 4.78 is 13.7. The number of benzene rings is 1. The zero-order valence-electron chi connectivity index (χ0n) is 12.7. The Kier molecular flexibility index (Phi) is 4.10. The number of halogens is 1. The van der Waals surface area contributed by atoms with Gasteiger partial charge in [-0.3, -0.25) is 9.59 Å². The molecule has 120 valence electrons. The molecular formula is C16H17FN4O2. The maximum Gasteiger partial charge on any atom is 0.269 e. The summed E-state index contributed by atoms with van der Waals surface area (Å²) in [5.41, 5.74) is 2.95. The van der Waals surface area contributed by atoms with E-state index in [-0.39, 0.29) is 17.2 Å². The maximum absolute atomic E-state index is 13.7. The molecule has 0 spiro atoms. The first-order valence-corrected chi connectivity index (χ1v) is 7.45. The Morgan fingerprint density at radius 2 is 2.26 bits per heavy atom. The molecule has 1 aliphatic heterocycles. The molecule has 3 N–H and O–H groups in total. The van der Waals surface area contributed by atoms with E-state index >= 15 is 0 Å². The van der Waals surface area contributed by atoms with E-state index in [0.29, 0.717) is 24.1 Å². The minimum Gasteiger partial charge on any atom is -0.383 e. The van der Waals surface area contributed by atoms with Crippen molar-refractivity contribution in [1.82, 2.24) is 10.2 Å². The third kappa shape index (κ3) is 3.23. The van der Waals surface area contributed by atoms with Crippen LogP contribution in [0.4, 0.5) is 15.8 Å². The van der Waals surface area contributed by atoms with Gasteiger partial charge in [0.2, 0.25) is 5.91 Å². The Hall–Kier alpha value is -2.70. The van der Waals surface area contributed by atoms with Gasteiger partial charge < -0.3 is 10.6 Å². The standard InChI is InChI=1S/C16H17FN4O2/c1-9(22)19-13-7-10(4-5-12(13)17)8-14-15-11(3-2-6-18-15)16(23)21-20-14/h4-5,7,18H,2-3,6,8H2,1H3,(H,19,22)(H,21,23). The lowest BCUT2D eigenvalue weighted by atomic mass is 10.0. The summed E-state index contributed by atoms with van der Waals surface area (Å²) in [5, 5.41) is 12.3. The number of rotatable bonds is 3. The molecule has 6 nitrogen and oxygen atoms in total. The van der Waals surface area contributed by atoms with Crippen molar-refractivity contribution in [1.29, 1.82) is 0 Å². The number of anilines is 2. The highest BCUT2D eigenvalue weighted by Gasteiger charge is 2.18. The van der Waals surface area contributed by atoms with E-state index in [0.717, 1.165) is 24.2 Å². The number of carbonyl (C=O) groups excluding carboxylic acids is 1. The molecule has 2 aromatic rings. The van der Waals surface area contributed by atoms with Gasteiger partial charge in [0, 0.05) is 25.5 Å². The van der Waals surface area contributed by atoms with E-state index in [1.807, 2.05) is 0 Å². The molecule has 1 aromatic carbocycles. The van der Waals surface area contributed by atoms with Crippen LogP contribution in [-0.4, -0.2) is 22.6 Å². The summed E-state index contributed by atoms with van der Waals surface area (Å²) in [4.78, 5) is 23.0. The maximum atomic E-state index is 13.7. The highest BCUT2D eigenvalue weighted by atomic mass is 19.1. The molecule has 0 saturated carbocycles. The van der Waals surface area contributed by atoms with Crippen LogP contribution in [0.5, 0.6) is 0 Å². The number of H-pyrrole nitrogens is 1. The predicted molar refractivity (Wildman–Crippen MR) is 85.2 cm³/mol. The molecule has 0 fully saturated rings. The number of aromatic nitrogens is 2. The number of hydrogen-bond acceptors (Lipinski definition) is 4. The number of aromatic amines is 1. The van der Waals surface area contributed by atoms with Crippen molar-refractivity contribution in [3.05, 3.63) is 51.2 Å². The average Bonchev–Trinajstić information content (AvgIpc) is 2.53. The lowest BCUT2D eigenvalue weighted by Gasteiger charge is -2.19. The highest BCUT2D eigenvalue weighted by Crippen LogP contribution is 2.25. The largest absolute Gasteiger partial charge is 0.383 e. The molecule has 0 atom stereocenters. The molecule has 0 bridgehead atoms. The molecule has 2 heterocycles. The smallest absolute Gasteiger partial charge is 0.269 e. The summed E-state index contributed by atoms with van der Waals surface area (Å²) in [6.07, 6.45) is 2.05. The van der Waals surface area contributed by atoms with Crippen LogP contribution >= 0.6 is 0 Å². The molecule has 0 saturated heterocycles. The summed E-state index contributed by atoms with van der Waals surface area (Å²) in [7, 11) is 0. The lowest BCUT2D eigenvalue weighted by molar-refractivity contribution is -0.114. The second-order valence-corrected chi connectivity index (χ2v) is 5.56. The quantitative estimate of drug-likeness (QED) is 0.806. The van der Waals surface area contributed by atoms with Gasteiger partial charge in [0.05, 0.1) is 17.1 Å². The molecule has 0 radical (unpaired) electrons. The Bertz CT molecular complexity index is 816. The Balaban J connectivity index is 1.94. The van der Waals surface area contributed by atoms with Crippen LogP contribution in [0.25, 0.3) is 0 Å².